The van der Waals surface area contributed by atoms with E-state index in [4.69, 9.17) is 9.47 Å². The van der Waals surface area contributed by atoms with Crippen LogP contribution in [-0.4, -0.2) is 50.5 Å². The number of carbonyl (C=O) groups excluding carboxylic acids is 1. The molecule has 2 aromatic carbocycles. The normalized spacial score (nSPS) is 15.6. The molecule has 1 aliphatic heterocycles. The lowest BCUT2D eigenvalue weighted by molar-refractivity contribution is -0.134. The minimum atomic E-state index is -3.69. The smallest absolute Gasteiger partial charge is 0.263 e. The number of benzene rings is 2. The maximum absolute atomic E-state index is 13.1. The largest absolute Gasteiger partial charge is 0.478 e. The van der Waals surface area contributed by atoms with Gasteiger partial charge in [-0.15, -0.1) is 0 Å². The molecule has 0 aliphatic carbocycles. The van der Waals surface area contributed by atoms with Gasteiger partial charge >= 0.3 is 0 Å². The first-order chi connectivity index (χ1) is 14.2. The number of ether oxygens (including phenoxy) is 2. The van der Waals surface area contributed by atoms with E-state index >= 15 is 0 Å². The molecule has 1 fully saturated rings. The van der Waals surface area contributed by atoms with Gasteiger partial charge < -0.3 is 14.8 Å². The van der Waals surface area contributed by atoms with Crippen LogP contribution in [0.25, 0.3) is 0 Å². The molecule has 7 nitrogen and oxygen atoms in total. The van der Waals surface area contributed by atoms with Gasteiger partial charge in [0.25, 0.3) is 5.91 Å². The zero-order chi connectivity index (χ0) is 21.8. The lowest BCUT2D eigenvalue weighted by Crippen LogP contribution is -2.46. The number of carbonyl (C=O) groups is 1. The van der Waals surface area contributed by atoms with Crippen molar-refractivity contribution < 1.29 is 27.1 Å². The second kappa shape index (κ2) is 9.11. The molecule has 3 rings (SSSR count). The Kier molecular flexibility index (Phi) is 6.74. The fourth-order valence-electron chi connectivity index (χ4n) is 3.06. The van der Waals surface area contributed by atoms with Gasteiger partial charge in [-0.05, 0) is 49.7 Å². The molecule has 0 unspecified atom stereocenters. The van der Waals surface area contributed by atoms with Crippen LogP contribution in [0.1, 0.15) is 19.4 Å². The first kappa shape index (κ1) is 22.2. The minimum Gasteiger partial charge on any atom is -0.478 e. The highest BCUT2D eigenvalue weighted by atomic mass is 32.2. The van der Waals surface area contributed by atoms with Gasteiger partial charge in [-0.25, -0.2) is 12.8 Å². The summed E-state index contributed by atoms with van der Waals surface area (Å²) in [5, 5.41) is 2.74. The van der Waals surface area contributed by atoms with Crippen molar-refractivity contribution in [2.75, 3.05) is 26.3 Å². The molecular weight excluding hydrogens is 411 g/mol. The van der Waals surface area contributed by atoms with Gasteiger partial charge in [0.1, 0.15) is 11.6 Å². The predicted molar refractivity (Wildman–Crippen MR) is 109 cm³/mol. The third-order valence-electron chi connectivity index (χ3n) is 4.73. The Morgan fingerprint density at radius 2 is 1.77 bits per heavy atom. The van der Waals surface area contributed by atoms with E-state index in [0.29, 0.717) is 37.6 Å². The topological polar surface area (TPSA) is 84.9 Å². The van der Waals surface area contributed by atoms with Crippen LogP contribution < -0.4 is 10.1 Å². The number of hydrogen-bond acceptors (Lipinski definition) is 5. The van der Waals surface area contributed by atoms with E-state index in [2.05, 4.69) is 5.32 Å². The number of morpholine rings is 1. The third kappa shape index (κ3) is 5.16. The third-order valence-corrected chi connectivity index (χ3v) is 6.73. The molecule has 1 heterocycles. The summed E-state index contributed by atoms with van der Waals surface area (Å²) in [7, 11) is -3.69. The molecule has 1 amide bonds. The van der Waals surface area contributed by atoms with E-state index in [-0.39, 0.29) is 11.4 Å². The molecule has 1 saturated heterocycles. The first-order valence-electron chi connectivity index (χ1n) is 9.59. The standard InChI is InChI=1S/C21H25FN2O5S/c1-21(2,29-18-9-7-17(22)8-10-18)20(25)23-15-16-5-3-4-6-19(16)30(26,27)24-11-13-28-14-12-24/h3-10H,11-15H2,1-2H3,(H,23,25). The van der Waals surface area contributed by atoms with Crippen molar-refractivity contribution in [1.29, 1.82) is 0 Å². The molecule has 30 heavy (non-hydrogen) atoms. The van der Waals surface area contributed by atoms with Crippen molar-refractivity contribution in [2.45, 2.75) is 30.9 Å². The number of rotatable bonds is 7. The average molecular weight is 437 g/mol. The molecule has 1 N–H and O–H groups in total. The quantitative estimate of drug-likeness (QED) is 0.720. The monoisotopic (exact) mass is 436 g/mol. The lowest BCUT2D eigenvalue weighted by Gasteiger charge is -2.27. The summed E-state index contributed by atoms with van der Waals surface area (Å²) in [5.41, 5.74) is -0.759. The van der Waals surface area contributed by atoms with Crippen molar-refractivity contribution >= 4 is 15.9 Å². The molecular formula is C21H25FN2O5S. The van der Waals surface area contributed by atoms with E-state index in [1.807, 2.05) is 0 Å². The summed E-state index contributed by atoms with van der Waals surface area (Å²) in [6, 6.07) is 11.9. The predicted octanol–water partition coefficient (Wildman–Crippen LogP) is 2.32. The molecule has 9 heteroatoms. The number of halogens is 1. The van der Waals surface area contributed by atoms with Crippen LogP contribution in [0.2, 0.25) is 0 Å². The Hall–Kier alpha value is -2.49. The molecule has 162 valence electrons. The van der Waals surface area contributed by atoms with Crippen molar-refractivity contribution in [2.24, 2.45) is 0 Å². The second-order valence-corrected chi connectivity index (χ2v) is 9.28. The fourth-order valence-corrected chi connectivity index (χ4v) is 4.69. The highest BCUT2D eigenvalue weighted by molar-refractivity contribution is 7.89. The van der Waals surface area contributed by atoms with E-state index in [1.54, 1.807) is 32.0 Å². The number of nitrogens with zero attached hydrogens (tertiary/aromatic N) is 1. The maximum Gasteiger partial charge on any atom is 0.263 e. The molecule has 1 aliphatic rings. The van der Waals surface area contributed by atoms with Crippen LogP contribution in [0.5, 0.6) is 5.75 Å². The zero-order valence-electron chi connectivity index (χ0n) is 16.9. The zero-order valence-corrected chi connectivity index (χ0v) is 17.7. The SMILES string of the molecule is CC(C)(Oc1ccc(F)cc1)C(=O)NCc1ccccc1S(=O)(=O)N1CCOCC1. The van der Waals surface area contributed by atoms with E-state index in [0.717, 1.165) is 0 Å². The highest BCUT2D eigenvalue weighted by Crippen LogP contribution is 2.22. The van der Waals surface area contributed by atoms with Crippen LogP contribution in [0.3, 0.4) is 0 Å². The van der Waals surface area contributed by atoms with Gasteiger partial charge in [-0.3, -0.25) is 4.79 Å². The Morgan fingerprint density at radius 3 is 2.43 bits per heavy atom. The van der Waals surface area contributed by atoms with Gasteiger partial charge in [0, 0.05) is 19.6 Å². The number of amides is 1. The van der Waals surface area contributed by atoms with Crippen LogP contribution >= 0.6 is 0 Å². The van der Waals surface area contributed by atoms with Gasteiger partial charge in [0.2, 0.25) is 10.0 Å². The average Bonchev–Trinajstić information content (AvgIpc) is 2.74. The Balaban J connectivity index is 1.71. The second-order valence-electron chi connectivity index (χ2n) is 7.37. The summed E-state index contributed by atoms with van der Waals surface area (Å²) >= 11 is 0. The Labute approximate surface area is 175 Å². The van der Waals surface area contributed by atoms with Crippen LogP contribution in [0.15, 0.2) is 53.4 Å². The minimum absolute atomic E-state index is 0.0226. The summed E-state index contributed by atoms with van der Waals surface area (Å²) in [6.45, 7) is 4.49. The first-order valence-corrected chi connectivity index (χ1v) is 11.0. The van der Waals surface area contributed by atoms with E-state index < -0.39 is 27.3 Å². The van der Waals surface area contributed by atoms with Gasteiger partial charge in [-0.2, -0.15) is 4.31 Å². The van der Waals surface area contributed by atoms with Gasteiger partial charge in [0.15, 0.2) is 5.60 Å². The molecule has 0 bridgehead atoms. The lowest BCUT2D eigenvalue weighted by atomic mass is 10.1. The van der Waals surface area contributed by atoms with Gasteiger partial charge in [0.05, 0.1) is 18.1 Å². The fraction of sp³-hybridized carbons (Fsp3) is 0.381. The molecule has 0 saturated carbocycles. The van der Waals surface area contributed by atoms with Gasteiger partial charge in [-0.1, -0.05) is 18.2 Å². The summed E-state index contributed by atoms with van der Waals surface area (Å²) in [6.07, 6.45) is 0. The molecule has 0 atom stereocenters. The van der Waals surface area contributed by atoms with E-state index in [9.17, 15) is 17.6 Å². The molecule has 0 spiro atoms. The van der Waals surface area contributed by atoms with Crippen LogP contribution in [0, 0.1) is 5.82 Å². The highest BCUT2D eigenvalue weighted by Gasteiger charge is 2.31. The number of nitrogens with one attached hydrogen (secondary N) is 1. The Bertz CT molecular complexity index is 987. The van der Waals surface area contributed by atoms with Crippen molar-refractivity contribution in [1.82, 2.24) is 9.62 Å². The molecule has 0 radical (unpaired) electrons. The summed E-state index contributed by atoms with van der Waals surface area (Å²) < 4.78 is 51.4. The number of hydrogen-bond donors (Lipinski definition) is 1. The van der Waals surface area contributed by atoms with Crippen molar-refractivity contribution in [3.8, 4) is 5.75 Å². The van der Waals surface area contributed by atoms with Crippen LogP contribution in [-0.2, 0) is 26.1 Å². The van der Waals surface area contributed by atoms with Crippen molar-refractivity contribution in [3.05, 3.63) is 59.9 Å². The Morgan fingerprint density at radius 1 is 1.13 bits per heavy atom. The molecule has 0 aromatic heterocycles. The maximum atomic E-state index is 13.1. The number of sulfonamides is 1. The summed E-state index contributed by atoms with van der Waals surface area (Å²) in [4.78, 5) is 12.8. The summed E-state index contributed by atoms with van der Waals surface area (Å²) in [5.74, 6) is -0.472. The van der Waals surface area contributed by atoms with Crippen LogP contribution in [0.4, 0.5) is 4.39 Å². The van der Waals surface area contributed by atoms with E-state index in [1.165, 1.54) is 34.6 Å². The molecule has 2 aromatic rings. The van der Waals surface area contributed by atoms with Crippen molar-refractivity contribution in [3.63, 3.8) is 0 Å².